The fourth-order valence-electron chi connectivity index (χ4n) is 3.32. The number of hydrogen-bond acceptors (Lipinski definition) is 4. The summed E-state index contributed by atoms with van der Waals surface area (Å²) in [6.07, 6.45) is 0.493. The van der Waals surface area contributed by atoms with Gasteiger partial charge in [-0.2, -0.15) is 0 Å². The molecule has 1 saturated heterocycles. The van der Waals surface area contributed by atoms with Crippen molar-refractivity contribution in [1.29, 1.82) is 0 Å². The molecule has 1 amide bonds. The standard InChI is InChI=1S/C24H33NO4SSeSi/c1-18-12-14-20(15-13-18)30(27,28)25-19(17-29-32(5,6)24(2,3)4)16-22(23(25)26)31-21-10-8-7-9-11-21/h7-15,19,22H,16-17H2,1-6H3/t19-,22?/m0/s1. The Balaban J connectivity index is 1.92. The molecule has 1 heterocycles. The van der Waals surface area contributed by atoms with Gasteiger partial charge in [0.05, 0.1) is 0 Å². The van der Waals surface area contributed by atoms with Gasteiger partial charge in [0, 0.05) is 0 Å². The molecule has 0 aliphatic carbocycles. The fourth-order valence-corrected chi connectivity index (χ4v) is 8.59. The number of benzene rings is 2. The second-order valence-corrected chi connectivity index (χ2v) is 19.1. The number of nitrogens with zero attached hydrogens (tertiary/aromatic N) is 1. The third-order valence-corrected chi connectivity index (χ3v) is 15.3. The van der Waals surface area contributed by atoms with Gasteiger partial charge < -0.3 is 0 Å². The molecule has 5 nitrogen and oxygen atoms in total. The molecule has 0 saturated carbocycles. The van der Waals surface area contributed by atoms with Gasteiger partial charge in [0.25, 0.3) is 0 Å². The molecule has 3 rings (SSSR count). The quantitative estimate of drug-likeness (QED) is 0.498. The van der Waals surface area contributed by atoms with Crippen LogP contribution in [-0.4, -0.2) is 54.6 Å². The summed E-state index contributed by atoms with van der Waals surface area (Å²) in [6, 6.07) is 16.1. The predicted octanol–water partition coefficient (Wildman–Crippen LogP) is 4.12. The third kappa shape index (κ3) is 5.37. The van der Waals surface area contributed by atoms with E-state index in [-0.39, 0.29) is 42.2 Å². The summed E-state index contributed by atoms with van der Waals surface area (Å²) in [4.78, 5) is 13.3. The summed E-state index contributed by atoms with van der Waals surface area (Å²) < 4.78 is 35.7. The molecule has 0 bridgehead atoms. The van der Waals surface area contributed by atoms with Crippen molar-refractivity contribution < 1.29 is 17.6 Å². The van der Waals surface area contributed by atoms with E-state index in [1.807, 2.05) is 37.3 Å². The van der Waals surface area contributed by atoms with Crippen molar-refractivity contribution in [3.8, 4) is 0 Å². The first-order valence-corrected chi connectivity index (χ1v) is 17.0. The Bertz CT molecular complexity index is 1050. The van der Waals surface area contributed by atoms with Gasteiger partial charge in [-0.15, -0.1) is 0 Å². The van der Waals surface area contributed by atoms with Crippen LogP contribution >= 0.6 is 0 Å². The Labute approximate surface area is 199 Å². The molecule has 2 atom stereocenters. The normalized spacial score (nSPS) is 20.1. The average molecular weight is 539 g/mol. The molecule has 0 aromatic heterocycles. The average Bonchev–Trinajstić information content (AvgIpc) is 3.02. The summed E-state index contributed by atoms with van der Waals surface area (Å²) >= 11 is -0.148. The molecular formula is C24H33NO4SSeSi. The van der Waals surface area contributed by atoms with Crippen LogP contribution in [0, 0.1) is 6.92 Å². The molecular weight excluding hydrogens is 505 g/mol. The Morgan fingerprint density at radius 2 is 1.66 bits per heavy atom. The van der Waals surface area contributed by atoms with E-state index < -0.39 is 24.4 Å². The van der Waals surface area contributed by atoms with Gasteiger partial charge in [-0.1, -0.05) is 0 Å². The molecule has 0 N–H and O–H groups in total. The van der Waals surface area contributed by atoms with Gasteiger partial charge in [0.1, 0.15) is 0 Å². The van der Waals surface area contributed by atoms with E-state index >= 15 is 0 Å². The minimum atomic E-state index is -3.95. The van der Waals surface area contributed by atoms with Crippen LogP contribution in [0.2, 0.25) is 22.9 Å². The summed E-state index contributed by atoms with van der Waals surface area (Å²) in [5.74, 6) is -0.307. The Morgan fingerprint density at radius 1 is 1.06 bits per heavy atom. The first-order valence-electron chi connectivity index (χ1n) is 10.8. The van der Waals surface area contributed by atoms with Crippen molar-refractivity contribution in [1.82, 2.24) is 4.31 Å². The van der Waals surface area contributed by atoms with Crippen LogP contribution in [0.3, 0.4) is 0 Å². The SMILES string of the molecule is Cc1ccc(S(=O)(=O)N2C(=O)C([Se]c3ccccc3)C[C@H]2CO[Si](C)(C)C(C)(C)C)cc1. The van der Waals surface area contributed by atoms with Crippen molar-refractivity contribution in [2.24, 2.45) is 0 Å². The topological polar surface area (TPSA) is 63.7 Å². The zero-order valence-corrected chi connectivity index (χ0v) is 23.2. The van der Waals surface area contributed by atoms with Gasteiger partial charge in [-0.25, -0.2) is 0 Å². The van der Waals surface area contributed by atoms with Gasteiger partial charge in [0.15, 0.2) is 0 Å². The number of hydrogen-bond donors (Lipinski definition) is 0. The fraction of sp³-hybridized carbons (Fsp3) is 0.458. The van der Waals surface area contributed by atoms with E-state index in [4.69, 9.17) is 4.43 Å². The summed E-state index contributed by atoms with van der Waals surface area (Å²) in [5, 5.41) is 0.00362. The van der Waals surface area contributed by atoms with Crippen LogP contribution < -0.4 is 4.46 Å². The van der Waals surface area contributed by atoms with E-state index in [1.165, 1.54) is 0 Å². The molecule has 174 valence electrons. The van der Waals surface area contributed by atoms with E-state index in [0.717, 1.165) is 14.3 Å². The van der Waals surface area contributed by atoms with E-state index in [2.05, 4.69) is 33.9 Å². The zero-order chi connectivity index (χ0) is 23.7. The number of amides is 1. The minimum absolute atomic E-state index is 0.00362. The van der Waals surface area contributed by atoms with Crippen LogP contribution in [0.5, 0.6) is 0 Å². The maximum atomic E-state index is 13.6. The van der Waals surface area contributed by atoms with Crippen LogP contribution in [-0.2, 0) is 19.2 Å². The molecule has 0 radical (unpaired) electrons. The van der Waals surface area contributed by atoms with E-state index in [9.17, 15) is 13.2 Å². The van der Waals surface area contributed by atoms with Gasteiger partial charge in [-0.3, -0.25) is 0 Å². The molecule has 1 aliphatic heterocycles. The second kappa shape index (κ2) is 9.43. The van der Waals surface area contributed by atoms with Crippen molar-refractivity contribution >= 4 is 43.7 Å². The summed E-state index contributed by atoms with van der Waals surface area (Å²) in [6.45, 7) is 12.9. The van der Waals surface area contributed by atoms with Gasteiger partial charge in [-0.05, 0) is 0 Å². The predicted molar refractivity (Wildman–Crippen MR) is 132 cm³/mol. The first-order chi connectivity index (χ1) is 14.8. The maximum absolute atomic E-state index is 13.6. The molecule has 1 unspecified atom stereocenters. The van der Waals surface area contributed by atoms with Gasteiger partial charge >= 0.3 is 200 Å². The molecule has 0 spiro atoms. The number of sulfonamides is 1. The van der Waals surface area contributed by atoms with E-state index in [0.29, 0.717) is 6.42 Å². The summed E-state index contributed by atoms with van der Waals surface area (Å²) in [7, 11) is -6.05. The zero-order valence-electron chi connectivity index (χ0n) is 19.7. The molecule has 1 fully saturated rings. The first kappa shape index (κ1) is 25.2. The van der Waals surface area contributed by atoms with E-state index in [1.54, 1.807) is 24.3 Å². The third-order valence-electron chi connectivity index (χ3n) is 6.35. The summed E-state index contributed by atoms with van der Waals surface area (Å²) in [5.41, 5.74) is 0.972. The molecule has 2 aromatic rings. The molecule has 2 aromatic carbocycles. The Hall–Kier alpha value is -1.44. The Morgan fingerprint density at radius 3 is 2.22 bits per heavy atom. The van der Waals surface area contributed by atoms with Crippen molar-refractivity contribution in [2.45, 2.75) is 68.0 Å². The van der Waals surface area contributed by atoms with Crippen LogP contribution in [0.25, 0.3) is 0 Å². The van der Waals surface area contributed by atoms with Crippen LogP contribution in [0.4, 0.5) is 0 Å². The molecule has 1 aliphatic rings. The monoisotopic (exact) mass is 539 g/mol. The second-order valence-electron chi connectivity index (χ2n) is 9.83. The van der Waals surface area contributed by atoms with Crippen LogP contribution in [0.1, 0.15) is 32.8 Å². The molecule has 32 heavy (non-hydrogen) atoms. The Kier molecular flexibility index (Phi) is 7.42. The number of carbonyl (C=O) groups excluding carboxylic acids is 1. The molecule has 8 heteroatoms. The van der Waals surface area contributed by atoms with Crippen molar-refractivity contribution in [2.75, 3.05) is 6.61 Å². The van der Waals surface area contributed by atoms with Gasteiger partial charge in [0.2, 0.25) is 0 Å². The van der Waals surface area contributed by atoms with Crippen LogP contribution in [0.15, 0.2) is 59.5 Å². The number of aryl methyl sites for hydroxylation is 1. The van der Waals surface area contributed by atoms with Crippen molar-refractivity contribution in [3.05, 3.63) is 60.2 Å². The number of carbonyl (C=O) groups is 1. The van der Waals surface area contributed by atoms with Crippen molar-refractivity contribution in [3.63, 3.8) is 0 Å². The number of rotatable bonds is 7.